The SMILES string of the molecule is Cc1cc(C(=O)NCCCNc2ccc(Cl)cc2)cc(C(F)(F)F)c1. The molecule has 0 bridgehead atoms. The number of carbonyl (C=O) groups is 1. The summed E-state index contributed by atoms with van der Waals surface area (Å²) < 4.78 is 38.4. The van der Waals surface area contributed by atoms with Gasteiger partial charge in [-0.3, -0.25) is 4.79 Å². The molecule has 0 saturated carbocycles. The van der Waals surface area contributed by atoms with E-state index in [1.54, 1.807) is 12.1 Å². The quantitative estimate of drug-likeness (QED) is 0.710. The van der Waals surface area contributed by atoms with Crippen LogP contribution in [0.4, 0.5) is 18.9 Å². The van der Waals surface area contributed by atoms with Gasteiger partial charge in [-0.1, -0.05) is 11.6 Å². The first kappa shape index (κ1) is 19.1. The van der Waals surface area contributed by atoms with E-state index in [0.717, 1.165) is 17.8 Å². The number of rotatable bonds is 6. The molecule has 0 spiro atoms. The molecule has 0 radical (unpaired) electrons. The first-order valence-electron chi connectivity index (χ1n) is 7.72. The lowest BCUT2D eigenvalue weighted by Crippen LogP contribution is -2.26. The maximum absolute atomic E-state index is 12.8. The predicted octanol–water partition coefficient (Wildman–Crippen LogP) is 4.90. The third-order valence-electron chi connectivity index (χ3n) is 3.48. The summed E-state index contributed by atoms with van der Waals surface area (Å²) in [6.07, 6.45) is -3.84. The van der Waals surface area contributed by atoms with E-state index in [2.05, 4.69) is 10.6 Å². The van der Waals surface area contributed by atoms with Crippen LogP contribution in [0.2, 0.25) is 5.02 Å². The standard InChI is InChI=1S/C18H18ClF3N2O/c1-12-9-13(11-14(10-12)18(20,21)22)17(25)24-8-2-7-23-16-5-3-15(19)4-6-16/h3-6,9-11,23H,2,7-8H2,1H3,(H,24,25). The fourth-order valence-electron chi connectivity index (χ4n) is 2.27. The maximum atomic E-state index is 12.8. The zero-order valence-corrected chi connectivity index (χ0v) is 14.3. The van der Waals surface area contributed by atoms with Crippen molar-refractivity contribution in [1.82, 2.24) is 5.32 Å². The van der Waals surface area contributed by atoms with Gasteiger partial charge >= 0.3 is 6.18 Å². The number of hydrogen-bond acceptors (Lipinski definition) is 2. The number of amides is 1. The van der Waals surface area contributed by atoms with Crippen LogP contribution in [-0.2, 0) is 6.18 Å². The smallest absolute Gasteiger partial charge is 0.385 e. The molecule has 2 aromatic rings. The highest BCUT2D eigenvalue weighted by Gasteiger charge is 2.31. The van der Waals surface area contributed by atoms with Crippen LogP contribution < -0.4 is 10.6 Å². The highest BCUT2D eigenvalue weighted by Crippen LogP contribution is 2.30. The largest absolute Gasteiger partial charge is 0.416 e. The van der Waals surface area contributed by atoms with Gasteiger partial charge in [-0.2, -0.15) is 13.2 Å². The van der Waals surface area contributed by atoms with Crippen LogP contribution in [0.3, 0.4) is 0 Å². The topological polar surface area (TPSA) is 41.1 Å². The Hall–Kier alpha value is -2.21. The van der Waals surface area contributed by atoms with Gasteiger partial charge in [0.1, 0.15) is 0 Å². The second kappa shape index (κ2) is 8.25. The molecule has 0 aliphatic carbocycles. The number of benzene rings is 2. The molecule has 0 aliphatic rings. The number of halogens is 4. The fraction of sp³-hybridized carbons (Fsp3) is 0.278. The van der Waals surface area contributed by atoms with E-state index in [4.69, 9.17) is 11.6 Å². The maximum Gasteiger partial charge on any atom is 0.416 e. The molecule has 134 valence electrons. The minimum Gasteiger partial charge on any atom is -0.385 e. The molecule has 2 aromatic carbocycles. The van der Waals surface area contributed by atoms with Crippen molar-refractivity contribution in [1.29, 1.82) is 0 Å². The van der Waals surface area contributed by atoms with Crippen LogP contribution in [0, 0.1) is 6.92 Å². The molecule has 1 amide bonds. The lowest BCUT2D eigenvalue weighted by atomic mass is 10.1. The Morgan fingerprint density at radius 3 is 2.40 bits per heavy atom. The zero-order chi connectivity index (χ0) is 18.4. The Labute approximate surface area is 149 Å². The first-order chi connectivity index (χ1) is 11.8. The molecule has 3 nitrogen and oxygen atoms in total. The van der Waals surface area contributed by atoms with Gasteiger partial charge < -0.3 is 10.6 Å². The summed E-state index contributed by atoms with van der Waals surface area (Å²) in [5.74, 6) is -0.513. The van der Waals surface area contributed by atoms with Crippen LogP contribution in [0.25, 0.3) is 0 Å². The van der Waals surface area contributed by atoms with E-state index >= 15 is 0 Å². The fourth-order valence-corrected chi connectivity index (χ4v) is 2.40. The van der Waals surface area contributed by atoms with Gasteiger partial charge in [-0.15, -0.1) is 0 Å². The van der Waals surface area contributed by atoms with E-state index in [0.29, 0.717) is 30.1 Å². The molecule has 0 heterocycles. The summed E-state index contributed by atoms with van der Waals surface area (Å²) in [5.41, 5.74) is 0.494. The number of hydrogen-bond donors (Lipinski definition) is 2. The third kappa shape index (κ3) is 5.98. The van der Waals surface area contributed by atoms with E-state index in [1.807, 2.05) is 12.1 Å². The Balaban J connectivity index is 1.82. The van der Waals surface area contributed by atoms with Gasteiger partial charge in [-0.05, 0) is 61.4 Å². The molecule has 0 aromatic heterocycles. The second-order valence-electron chi connectivity index (χ2n) is 5.63. The van der Waals surface area contributed by atoms with Gasteiger partial charge in [0.25, 0.3) is 5.91 Å². The van der Waals surface area contributed by atoms with Gasteiger partial charge in [0.2, 0.25) is 0 Å². The number of alkyl halides is 3. The molecule has 0 aliphatic heterocycles. The number of carbonyl (C=O) groups excluding carboxylic acids is 1. The Bertz CT molecular complexity index is 730. The van der Waals surface area contributed by atoms with Crippen LogP contribution in [0.5, 0.6) is 0 Å². The Kier molecular flexibility index (Phi) is 6.31. The average molecular weight is 371 g/mol. The molecular formula is C18H18ClF3N2O. The monoisotopic (exact) mass is 370 g/mol. The molecule has 2 rings (SSSR count). The summed E-state index contributed by atoms with van der Waals surface area (Å²) in [7, 11) is 0. The van der Waals surface area contributed by atoms with Crippen molar-refractivity contribution in [2.45, 2.75) is 19.5 Å². The van der Waals surface area contributed by atoms with Gasteiger partial charge in [0.15, 0.2) is 0 Å². The van der Waals surface area contributed by atoms with Crippen molar-refractivity contribution in [2.75, 3.05) is 18.4 Å². The Morgan fingerprint density at radius 1 is 1.08 bits per heavy atom. The van der Waals surface area contributed by atoms with Crippen molar-refractivity contribution in [3.05, 3.63) is 64.2 Å². The van der Waals surface area contributed by atoms with E-state index in [-0.39, 0.29) is 5.56 Å². The summed E-state index contributed by atoms with van der Waals surface area (Å²) in [6.45, 7) is 2.50. The second-order valence-corrected chi connectivity index (χ2v) is 6.07. The van der Waals surface area contributed by atoms with E-state index in [1.165, 1.54) is 13.0 Å². The summed E-state index contributed by atoms with van der Waals surface area (Å²) in [5, 5.41) is 6.45. The predicted molar refractivity (Wildman–Crippen MR) is 93.1 cm³/mol. The number of aryl methyl sites for hydroxylation is 1. The van der Waals surface area contributed by atoms with Crippen LogP contribution in [0.15, 0.2) is 42.5 Å². The van der Waals surface area contributed by atoms with Crippen molar-refractivity contribution in [3.63, 3.8) is 0 Å². The number of anilines is 1. The molecule has 0 atom stereocenters. The highest BCUT2D eigenvalue weighted by molar-refractivity contribution is 6.30. The minimum absolute atomic E-state index is 0.0120. The molecular weight excluding hydrogens is 353 g/mol. The van der Waals surface area contributed by atoms with Crippen molar-refractivity contribution in [3.8, 4) is 0 Å². The third-order valence-corrected chi connectivity index (χ3v) is 3.73. The van der Waals surface area contributed by atoms with Crippen LogP contribution >= 0.6 is 11.6 Å². The highest BCUT2D eigenvalue weighted by atomic mass is 35.5. The molecule has 0 unspecified atom stereocenters. The zero-order valence-electron chi connectivity index (χ0n) is 13.6. The molecule has 7 heteroatoms. The van der Waals surface area contributed by atoms with Crippen LogP contribution in [-0.4, -0.2) is 19.0 Å². The lowest BCUT2D eigenvalue weighted by molar-refractivity contribution is -0.137. The summed E-state index contributed by atoms with van der Waals surface area (Å²) in [6, 6.07) is 10.5. The normalized spacial score (nSPS) is 11.2. The van der Waals surface area contributed by atoms with Crippen molar-refractivity contribution in [2.24, 2.45) is 0 Å². The van der Waals surface area contributed by atoms with Crippen molar-refractivity contribution < 1.29 is 18.0 Å². The van der Waals surface area contributed by atoms with E-state index in [9.17, 15) is 18.0 Å². The van der Waals surface area contributed by atoms with E-state index < -0.39 is 17.6 Å². The van der Waals surface area contributed by atoms with Crippen molar-refractivity contribution >= 4 is 23.2 Å². The Morgan fingerprint density at radius 2 is 1.76 bits per heavy atom. The van der Waals surface area contributed by atoms with Gasteiger partial charge in [0.05, 0.1) is 5.56 Å². The molecule has 25 heavy (non-hydrogen) atoms. The molecule has 2 N–H and O–H groups in total. The van der Waals surface area contributed by atoms with Gasteiger partial charge in [0, 0.05) is 29.4 Å². The van der Waals surface area contributed by atoms with Crippen LogP contribution in [0.1, 0.15) is 27.9 Å². The number of nitrogens with one attached hydrogen (secondary N) is 2. The molecule has 0 fully saturated rings. The lowest BCUT2D eigenvalue weighted by Gasteiger charge is -2.11. The minimum atomic E-state index is -4.47. The molecule has 0 saturated heterocycles. The van der Waals surface area contributed by atoms with Gasteiger partial charge in [-0.25, -0.2) is 0 Å². The first-order valence-corrected chi connectivity index (χ1v) is 8.10. The summed E-state index contributed by atoms with van der Waals surface area (Å²) in [4.78, 5) is 12.0. The summed E-state index contributed by atoms with van der Waals surface area (Å²) >= 11 is 5.79. The average Bonchev–Trinajstić information content (AvgIpc) is 2.54.